The molecule has 0 saturated carbocycles. The highest BCUT2D eigenvalue weighted by Crippen LogP contribution is 2.36. The zero-order chi connectivity index (χ0) is 46.8. The van der Waals surface area contributed by atoms with Crippen molar-refractivity contribution in [1.29, 1.82) is 0 Å². The largest absolute Gasteiger partial charge is 0.372 e. The minimum atomic E-state index is -4.39. The summed E-state index contributed by atoms with van der Waals surface area (Å²) in [5, 5.41) is 2.71. The smallest absolute Gasteiger partial charge is 0.301 e. The number of H-pyrrole nitrogens is 1. The molecule has 1 unspecified atom stereocenters. The van der Waals surface area contributed by atoms with Crippen LogP contribution in [0.1, 0.15) is 95.2 Å². The number of benzene rings is 3. The van der Waals surface area contributed by atoms with Crippen LogP contribution in [0.2, 0.25) is 0 Å². The number of fused-ring (bicyclic) bond motifs is 2. The van der Waals surface area contributed by atoms with Gasteiger partial charge < -0.3 is 19.7 Å². The maximum Gasteiger partial charge on any atom is 0.301 e. The molecule has 3 N–H and O–H groups in total. The first-order valence-corrected chi connectivity index (χ1v) is 24.4. The Morgan fingerprint density at radius 1 is 0.910 bits per heavy atom. The van der Waals surface area contributed by atoms with Crippen molar-refractivity contribution in [3.63, 3.8) is 0 Å². The van der Waals surface area contributed by atoms with E-state index in [4.69, 9.17) is 0 Å². The van der Waals surface area contributed by atoms with Crippen molar-refractivity contribution in [1.82, 2.24) is 29.4 Å². The van der Waals surface area contributed by atoms with Crippen LogP contribution >= 0.6 is 0 Å². The number of ketones is 1. The molecule has 0 bridgehead atoms. The molecule has 5 aromatic rings. The third-order valence-electron chi connectivity index (χ3n) is 14.4. The number of amides is 3. The van der Waals surface area contributed by atoms with Gasteiger partial charge in [-0.05, 0) is 123 Å². The Morgan fingerprint density at radius 3 is 2.39 bits per heavy atom. The van der Waals surface area contributed by atoms with Crippen molar-refractivity contribution >= 4 is 56.1 Å². The lowest BCUT2D eigenvalue weighted by Gasteiger charge is -2.38. The minimum Gasteiger partial charge on any atom is -0.372 e. The number of carbonyl (C=O) groups excluding carboxylic acids is 4. The number of nitrogens with zero attached hydrogens (tertiary/aromatic N) is 5. The van der Waals surface area contributed by atoms with Gasteiger partial charge in [-0.3, -0.25) is 29.2 Å². The molecular formula is C49H51F3N8O6S. The number of likely N-dealkylation sites (tertiary alicyclic amines) is 1. The van der Waals surface area contributed by atoms with Gasteiger partial charge in [-0.2, -0.15) is 12.7 Å². The highest BCUT2D eigenvalue weighted by molar-refractivity contribution is 7.90. The highest BCUT2D eigenvalue weighted by Gasteiger charge is 2.41. The van der Waals surface area contributed by atoms with Crippen LogP contribution in [0.3, 0.4) is 0 Å². The van der Waals surface area contributed by atoms with Crippen LogP contribution in [0.15, 0.2) is 73.1 Å². The lowest BCUT2D eigenvalue weighted by molar-refractivity contribution is -0.136. The Kier molecular flexibility index (Phi) is 11.7. The third kappa shape index (κ3) is 8.82. The quantitative estimate of drug-likeness (QED) is 0.0967. The molecule has 4 fully saturated rings. The Bertz CT molecular complexity index is 2910. The summed E-state index contributed by atoms with van der Waals surface area (Å²) in [6.45, 7) is 6.06. The Labute approximate surface area is 386 Å². The second-order valence-corrected chi connectivity index (χ2v) is 20.6. The zero-order valence-electron chi connectivity index (χ0n) is 37.0. The van der Waals surface area contributed by atoms with Crippen LogP contribution in [0, 0.1) is 17.6 Å². The SMILES string of the molecule is CC1(F)CCN(S(=O)(=O)Nc2ccc(F)c(C(=O)c3c[nH]c4ncc(-c5ccc(N6CCC(CN7CCC(c8ccc9c(c8)CN([C@@H]8CCC(=O)NC8=O)C9=O)CC7)CC6)cc5)cc34)c2F)C1. The molecule has 350 valence electrons. The number of rotatable bonds is 11. The Balaban J connectivity index is 0.730. The molecule has 5 aliphatic heterocycles. The summed E-state index contributed by atoms with van der Waals surface area (Å²) in [6.07, 6.45) is 7.75. The van der Waals surface area contributed by atoms with E-state index in [-0.39, 0.29) is 36.8 Å². The van der Waals surface area contributed by atoms with E-state index in [0.29, 0.717) is 47.0 Å². The number of halogens is 3. The average molecular weight is 937 g/mol. The molecule has 0 aliphatic carbocycles. The van der Waals surface area contributed by atoms with Crippen molar-refractivity contribution in [2.45, 2.75) is 76.0 Å². The average Bonchev–Trinajstić information content (AvgIpc) is 4.02. The van der Waals surface area contributed by atoms with Gasteiger partial charge in [0.05, 0.1) is 11.3 Å². The van der Waals surface area contributed by atoms with Gasteiger partial charge in [0.1, 0.15) is 23.2 Å². The minimum absolute atomic E-state index is 0.0300. The predicted octanol–water partition coefficient (Wildman–Crippen LogP) is 6.69. The van der Waals surface area contributed by atoms with Gasteiger partial charge in [0.15, 0.2) is 5.82 Å². The van der Waals surface area contributed by atoms with Crippen LogP contribution in [0.4, 0.5) is 24.5 Å². The van der Waals surface area contributed by atoms with Gasteiger partial charge in [0.2, 0.25) is 17.6 Å². The van der Waals surface area contributed by atoms with Crippen LogP contribution in [-0.4, -0.2) is 114 Å². The normalized spacial score (nSPS) is 22.4. The zero-order valence-corrected chi connectivity index (χ0v) is 37.8. The van der Waals surface area contributed by atoms with Crippen molar-refractivity contribution < 1.29 is 40.8 Å². The number of alkyl halides is 1. The van der Waals surface area contributed by atoms with E-state index in [2.05, 4.69) is 54.1 Å². The van der Waals surface area contributed by atoms with E-state index in [0.717, 1.165) is 91.7 Å². The van der Waals surface area contributed by atoms with Gasteiger partial charge in [0.25, 0.3) is 5.91 Å². The number of aromatic amines is 1. The Morgan fingerprint density at radius 2 is 1.67 bits per heavy atom. The number of nitrogens with one attached hydrogen (secondary N) is 3. The lowest BCUT2D eigenvalue weighted by Crippen LogP contribution is -2.52. The number of hydrogen-bond acceptors (Lipinski definition) is 9. The van der Waals surface area contributed by atoms with E-state index < -0.39 is 63.0 Å². The van der Waals surface area contributed by atoms with E-state index >= 15 is 8.78 Å². The first-order chi connectivity index (χ1) is 32.1. The summed E-state index contributed by atoms with van der Waals surface area (Å²) in [6, 6.07) is 17.0. The molecule has 18 heteroatoms. The van der Waals surface area contributed by atoms with Crippen LogP contribution in [0.25, 0.3) is 22.2 Å². The molecule has 0 spiro atoms. The van der Waals surface area contributed by atoms with Crippen LogP contribution < -0.4 is 14.9 Å². The van der Waals surface area contributed by atoms with Gasteiger partial charge in [0, 0.05) is 85.8 Å². The molecule has 7 heterocycles. The van der Waals surface area contributed by atoms with E-state index in [9.17, 15) is 32.0 Å². The van der Waals surface area contributed by atoms with Crippen molar-refractivity contribution in [2.24, 2.45) is 5.92 Å². The third-order valence-corrected chi connectivity index (χ3v) is 15.8. The number of pyridine rings is 1. The fourth-order valence-electron chi connectivity index (χ4n) is 10.5. The second-order valence-electron chi connectivity index (χ2n) is 18.9. The predicted molar refractivity (Wildman–Crippen MR) is 245 cm³/mol. The molecular weight excluding hydrogens is 886 g/mol. The molecule has 5 aliphatic rings. The van der Waals surface area contributed by atoms with Crippen molar-refractivity contribution in [3.8, 4) is 11.1 Å². The van der Waals surface area contributed by atoms with Crippen LogP contribution in [0.5, 0.6) is 0 Å². The fourth-order valence-corrected chi connectivity index (χ4v) is 11.9. The first kappa shape index (κ1) is 44.7. The summed E-state index contributed by atoms with van der Waals surface area (Å²) in [5.74, 6) is -3.39. The van der Waals surface area contributed by atoms with E-state index in [1.165, 1.54) is 18.7 Å². The summed E-state index contributed by atoms with van der Waals surface area (Å²) >= 11 is 0. The number of carbonyl (C=O) groups is 4. The van der Waals surface area contributed by atoms with Gasteiger partial charge in [-0.15, -0.1) is 0 Å². The molecule has 3 amide bonds. The van der Waals surface area contributed by atoms with E-state index in [1.807, 2.05) is 18.2 Å². The highest BCUT2D eigenvalue weighted by atomic mass is 32.2. The van der Waals surface area contributed by atoms with Crippen LogP contribution in [-0.2, 0) is 26.3 Å². The summed E-state index contributed by atoms with van der Waals surface area (Å²) < 4.78 is 74.3. The van der Waals surface area contributed by atoms with Gasteiger partial charge in [-0.1, -0.05) is 24.3 Å². The van der Waals surface area contributed by atoms with Crippen molar-refractivity contribution in [3.05, 3.63) is 113 Å². The lowest BCUT2D eigenvalue weighted by atomic mass is 9.87. The number of anilines is 2. The fraction of sp³-hybridized carbons (Fsp3) is 0.408. The molecule has 67 heavy (non-hydrogen) atoms. The Hall–Kier alpha value is -6.11. The monoisotopic (exact) mass is 936 g/mol. The number of piperidine rings is 3. The summed E-state index contributed by atoms with van der Waals surface area (Å²) in [7, 11) is -4.39. The molecule has 2 atom stereocenters. The topological polar surface area (TPSA) is 168 Å². The summed E-state index contributed by atoms with van der Waals surface area (Å²) in [4.78, 5) is 65.1. The number of hydrogen-bond donors (Lipinski definition) is 3. The van der Waals surface area contributed by atoms with Gasteiger partial charge in [-0.25, -0.2) is 18.2 Å². The molecule has 2 aromatic heterocycles. The maximum atomic E-state index is 15.8. The van der Waals surface area contributed by atoms with E-state index in [1.54, 1.807) is 17.2 Å². The van der Waals surface area contributed by atoms with Gasteiger partial charge >= 0.3 is 10.2 Å². The molecule has 0 radical (unpaired) electrons. The number of aromatic nitrogens is 2. The summed E-state index contributed by atoms with van der Waals surface area (Å²) in [5.41, 5.74) is 2.43. The molecule has 14 nitrogen and oxygen atoms in total. The van der Waals surface area contributed by atoms with Crippen molar-refractivity contribution in [2.75, 3.05) is 55.4 Å². The standard InChI is InChI=1S/C49H51F3N8O6S/c1-49(52)16-21-59(28-49)67(65,66)56-40-9-8-39(50)43(44(40)51)45(62)38-25-54-46-37(38)23-33(24-53-46)30-2-5-35(6-3-30)58-19-12-29(13-20-58)26-57-17-14-31(15-18-57)32-4-7-36-34(22-32)27-60(48(36)64)41-10-11-42(61)55-47(41)63/h2-9,22-25,29,31,41,56H,10-21,26-28H2,1H3,(H,53,54)(H,55,61,63)/t41-,49?/m1/s1. The molecule has 10 rings (SSSR count). The number of imide groups is 1. The molecule has 4 saturated heterocycles. The maximum absolute atomic E-state index is 15.8. The second kappa shape index (κ2) is 17.5. The first-order valence-electron chi connectivity index (χ1n) is 22.9. The molecule has 3 aromatic carbocycles.